The minimum Gasteiger partial charge on any atom is -0.309 e. The summed E-state index contributed by atoms with van der Waals surface area (Å²) >= 11 is 1.69. The molecule has 0 aliphatic rings. The largest absolute Gasteiger partial charge is 0.330 e. The maximum atomic E-state index is 12.0. The van der Waals surface area contributed by atoms with Gasteiger partial charge < -0.3 is 9.05 Å². The normalized spacial score (nSPS) is 14.5. The molecule has 1 aromatic rings. The molecule has 0 bridgehead atoms. The topological polar surface area (TPSA) is 35.5 Å². The Bertz CT molecular complexity index is 378. The molecule has 0 radical (unpaired) electrons. The third-order valence-electron chi connectivity index (χ3n) is 2.30. The summed E-state index contributed by atoms with van der Waals surface area (Å²) in [7, 11) is -2.89. The molecule has 3 nitrogen and oxygen atoms in total. The Morgan fingerprint density at radius 2 is 1.82 bits per heavy atom. The first kappa shape index (κ1) is 14.8. The molecule has 0 aliphatic heterocycles. The van der Waals surface area contributed by atoms with Crippen LogP contribution in [0.5, 0.6) is 0 Å². The fraction of sp³-hybridized carbons (Fsp3) is 0.500. The molecule has 96 valence electrons. The molecule has 0 aliphatic carbocycles. The average molecular weight is 274 g/mol. The van der Waals surface area contributed by atoms with E-state index in [1.807, 2.05) is 44.4 Å². The molecule has 17 heavy (non-hydrogen) atoms. The number of benzene rings is 1. The second kappa shape index (κ2) is 7.22. The zero-order chi connectivity index (χ0) is 12.7. The standard InChI is InChI=1S/C12H19O3PS/c1-4-14-16(13,5-2)15-10-11-6-8-12(17-3)9-7-11/h6-9H,4-5,10H2,1-3H3. The van der Waals surface area contributed by atoms with Crippen molar-refractivity contribution in [2.24, 2.45) is 0 Å². The zero-order valence-electron chi connectivity index (χ0n) is 10.5. The molecular weight excluding hydrogens is 255 g/mol. The van der Waals surface area contributed by atoms with Crippen LogP contribution in [0.2, 0.25) is 0 Å². The second-order valence-corrected chi connectivity index (χ2v) is 6.72. The fourth-order valence-electron chi connectivity index (χ4n) is 1.31. The van der Waals surface area contributed by atoms with Crippen molar-refractivity contribution < 1.29 is 13.6 Å². The van der Waals surface area contributed by atoms with Crippen LogP contribution in [0.25, 0.3) is 0 Å². The average Bonchev–Trinajstić information content (AvgIpc) is 2.37. The third-order valence-corrected chi connectivity index (χ3v) is 4.99. The van der Waals surface area contributed by atoms with E-state index in [1.165, 1.54) is 4.90 Å². The van der Waals surface area contributed by atoms with Crippen LogP contribution in [0.15, 0.2) is 29.2 Å². The van der Waals surface area contributed by atoms with Crippen LogP contribution in [0.3, 0.4) is 0 Å². The van der Waals surface area contributed by atoms with Gasteiger partial charge in [-0.2, -0.15) is 0 Å². The van der Waals surface area contributed by atoms with Gasteiger partial charge in [-0.05, 0) is 30.9 Å². The van der Waals surface area contributed by atoms with Crippen LogP contribution in [0.1, 0.15) is 19.4 Å². The van der Waals surface area contributed by atoms with Crippen molar-refractivity contribution in [3.8, 4) is 0 Å². The van der Waals surface area contributed by atoms with Crippen LogP contribution < -0.4 is 0 Å². The highest BCUT2D eigenvalue weighted by Crippen LogP contribution is 2.48. The molecule has 1 unspecified atom stereocenters. The first-order chi connectivity index (χ1) is 8.13. The van der Waals surface area contributed by atoms with Gasteiger partial charge in [0.15, 0.2) is 0 Å². The van der Waals surface area contributed by atoms with Gasteiger partial charge in [0, 0.05) is 11.1 Å². The molecule has 0 amide bonds. The van der Waals surface area contributed by atoms with E-state index < -0.39 is 7.60 Å². The zero-order valence-corrected chi connectivity index (χ0v) is 12.2. The number of rotatable bonds is 7. The summed E-state index contributed by atoms with van der Waals surface area (Å²) in [5.74, 6) is 0. The summed E-state index contributed by atoms with van der Waals surface area (Å²) in [5.41, 5.74) is 1.01. The van der Waals surface area contributed by atoms with Crippen molar-refractivity contribution in [3.63, 3.8) is 0 Å². The predicted octanol–water partition coefficient (Wildman–Crippen LogP) is 4.17. The number of hydrogen-bond acceptors (Lipinski definition) is 4. The first-order valence-electron chi connectivity index (χ1n) is 5.64. The highest BCUT2D eigenvalue weighted by atomic mass is 32.2. The van der Waals surface area contributed by atoms with E-state index in [0.29, 0.717) is 19.4 Å². The highest BCUT2D eigenvalue weighted by molar-refractivity contribution is 7.98. The molecule has 0 spiro atoms. The van der Waals surface area contributed by atoms with Crippen molar-refractivity contribution >= 4 is 19.4 Å². The second-order valence-electron chi connectivity index (χ2n) is 3.47. The molecule has 1 atom stereocenters. The van der Waals surface area contributed by atoms with Gasteiger partial charge in [0.05, 0.1) is 13.2 Å². The smallest absolute Gasteiger partial charge is 0.309 e. The van der Waals surface area contributed by atoms with Crippen molar-refractivity contribution in [3.05, 3.63) is 29.8 Å². The molecule has 0 saturated carbocycles. The van der Waals surface area contributed by atoms with E-state index in [-0.39, 0.29) is 0 Å². The van der Waals surface area contributed by atoms with E-state index in [1.54, 1.807) is 11.8 Å². The maximum Gasteiger partial charge on any atom is 0.330 e. The lowest BCUT2D eigenvalue weighted by Gasteiger charge is -2.15. The van der Waals surface area contributed by atoms with Crippen LogP contribution in [0.4, 0.5) is 0 Å². The number of hydrogen-bond donors (Lipinski definition) is 0. The van der Waals surface area contributed by atoms with Gasteiger partial charge in [-0.15, -0.1) is 11.8 Å². The van der Waals surface area contributed by atoms with Gasteiger partial charge in [-0.3, -0.25) is 4.57 Å². The summed E-state index contributed by atoms with van der Waals surface area (Å²) in [6.07, 6.45) is 2.44. The Morgan fingerprint density at radius 1 is 1.18 bits per heavy atom. The lowest BCUT2D eigenvalue weighted by molar-refractivity contribution is 0.205. The first-order valence-corrected chi connectivity index (χ1v) is 8.60. The lowest BCUT2D eigenvalue weighted by atomic mass is 10.2. The quantitative estimate of drug-likeness (QED) is 0.552. The monoisotopic (exact) mass is 274 g/mol. The van der Waals surface area contributed by atoms with Crippen molar-refractivity contribution in [1.82, 2.24) is 0 Å². The van der Waals surface area contributed by atoms with Crippen LogP contribution in [-0.4, -0.2) is 19.0 Å². The summed E-state index contributed by atoms with van der Waals surface area (Å²) in [4.78, 5) is 1.21. The molecule has 0 N–H and O–H groups in total. The Balaban J connectivity index is 2.56. The van der Waals surface area contributed by atoms with Gasteiger partial charge in [0.25, 0.3) is 0 Å². The molecule has 1 aromatic carbocycles. The molecule has 1 rings (SSSR count). The molecular formula is C12H19O3PS. The third kappa shape index (κ3) is 4.84. The summed E-state index contributed by atoms with van der Waals surface area (Å²) in [6, 6.07) is 8.03. The number of thioether (sulfide) groups is 1. The van der Waals surface area contributed by atoms with Crippen LogP contribution in [-0.2, 0) is 20.2 Å². The summed E-state index contributed by atoms with van der Waals surface area (Å²) < 4.78 is 22.6. The van der Waals surface area contributed by atoms with Crippen LogP contribution >= 0.6 is 19.4 Å². The van der Waals surface area contributed by atoms with Gasteiger partial charge >= 0.3 is 7.60 Å². The molecule has 0 saturated heterocycles. The van der Waals surface area contributed by atoms with E-state index in [4.69, 9.17) is 9.05 Å². The van der Waals surface area contributed by atoms with E-state index >= 15 is 0 Å². The predicted molar refractivity (Wildman–Crippen MR) is 72.8 cm³/mol. The van der Waals surface area contributed by atoms with Gasteiger partial charge in [-0.25, -0.2) is 0 Å². The Morgan fingerprint density at radius 3 is 2.29 bits per heavy atom. The van der Waals surface area contributed by atoms with Gasteiger partial charge in [-0.1, -0.05) is 19.1 Å². The highest BCUT2D eigenvalue weighted by Gasteiger charge is 2.20. The minimum absolute atomic E-state index is 0.333. The van der Waals surface area contributed by atoms with E-state index in [0.717, 1.165) is 5.56 Å². The van der Waals surface area contributed by atoms with Crippen LogP contribution in [0, 0.1) is 0 Å². The Hall–Kier alpha value is -0.280. The van der Waals surface area contributed by atoms with E-state index in [9.17, 15) is 4.57 Å². The Kier molecular flexibility index (Phi) is 6.28. The summed E-state index contributed by atoms with van der Waals surface area (Å²) in [5, 5.41) is 0. The molecule has 0 heterocycles. The fourth-order valence-corrected chi connectivity index (χ4v) is 2.90. The van der Waals surface area contributed by atoms with Crippen molar-refractivity contribution in [1.29, 1.82) is 0 Å². The SMILES string of the molecule is CCOP(=O)(CC)OCc1ccc(SC)cc1. The minimum atomic E-state index is -2.89. The van der Waals surface area contributed by atoms with Gasteiger partial charge in [0.1, 0.15) is 0 Å². The lowest BCUT2D eigenvalue weighted by Crippen LogP contribution is -1.98. The van der Waals surface area contributed by atoms with E-state index in [2.05, 4.69) is 0 Å². The molecule has 0 aromatic heterocycles. The van der Waals surface area contributed by atoms with Crippen molar-refractivity contribution in [2.45, 2.75) is 25.3 Å². The van der Waals surface area contributed by atoms with Gasteiger partial charge in [0.2, 0.25) is 0 Å². The summed E-state index contributed by atoms with van der Waals surface area (Å²) in [6.45, 7) is 4.38. The molecule has 5 heteroatoms. The van der Waals surface area contributed by atoms with Crippen molar-refractivity contribution in [2.75, 3.05) is 19.0 Å². The maximum absolute atomic E-state index is 12.0. The molecule has 0 fully saturated rings. The Labute approximate surface area is 107 Å².